The molecule has 0 amide bonds. The first-order valence-corrected chi connectivity index (χ1v) is 7.82. The number of nitrogens with one attached hydrogen (secondary N) is 2. The van der Waals surface area contributed by atoms with Gasteiger partial charge in [0.1, 0.15) is 0 Å². The summed E-state index contributed by atoms with van der Waals surface area (Å²) in [6, 6.07) is 7.27. The fourth-order valence-corrected chi connectivity index (χ4v) is 2.84. The van der Waals surface area contributed by atoms with E-state index in [-0.39, 0.29) is 31.1 Å². The lowest BCUT2D eigenvalue weighted by molar-refractivity contribution is 0.217. The van der Waals surface area contributed by atoms with Gasteiger partial charge in [-0.25, -0.2) is 17.9 Å². The Kier molecular flexibility index (Phi) is 4.58. The molecule has 110 valence electrons. The number of para-hydroxylation sites is 2. The summed E-state index contributed by atoms with van der Waals surface area (Å²) < 4.78 is 31.8. The number of fused-ring (bicyclic) bond motifs is 1. The van der Waals surface area contributed by atoms with Gasteiger partial charge in [0.2, 0.25) is 10.0 Å². The third-order valence-corrected chi connectivity index (χ3v) is 4.24. The largest absolute Gasteiger partial charge is 0.384 e. The number of nitrogens with zero attached hydrogens (tertiary/aromatic N) is 1. The first-order valence-electron chi connectivity index (χ1n) is 6.17. The molecular formula is C12H17N3O4S. The third-order valence-electron chi connectivity index (χ3n) is 2.90. The Hall–Kier alpha value is -1.64. The topological polar surface area (TPSA) is 93.2 Å². The van der Waals surface area contributed by atoms with Crippen LogP contribution in [0, 0.1) is 0 Å². The van der Waals surface area contributed by atoms with Crippen molar-refractivity contribution >= 4 is 21.1 Å². The van der Waals surface area contributed by atoms with E-state index >= 15 is 0 Å². The summed E-state index contributed by atoms with van der Waals surface area (Å²) in [6.45, 7) is 0.575. The van der Waals surface area contributed by atoms with Crippen LogP contribution in [-0.2, 0) is 21.3 Å². The van der Waals surface area contributed by atoms with Gasteiger partial charge in [-0.15, -0.1) is 0 Å². The molecule has 0 fully saturated rings. The molecule has 8 heteroatoms. The zero-order valence-corrected chi connectivity index (χ0v) is 11.9. The van der Waals surface area contributed by atoms with Crippen LogP contribution < -0.4 is 10.4 Å². The van der Waals surface area contributed by atoms with Crippen molar-refractivity contribution in [2.75, 3.05) is 26.0 Å². The lowest BCUT2D eigenvalue weighted by Gasteiger charge is -2.07. The SMILES string of the molecule is COCCS(=O)(=O)NCCn1c(=O)[nH]c2ccccc21. The fourth-order valence-electron chi connectivity index (χ4n) is 1.91. The number of aromatic amines is 1. The number of ether oxygens (including phenoxy) is 1. The van der Waals surface area contributed by atoms with Crippen LogP contribution in [0.25, 0.3) is 11.0 Å². The van der Waals surface area contributed by atoms with E-state index < -0.39 is 10.0 Å². The average molecular weight is 299 g/mol. The highest BCUT2D eigenvalue weighted by Crippen LogP contribution is 2.08. The summed E-state index contributed by atoms with van der Waals surface area (Å²) in [5.74, 6) is -0.0910. The Morgan fingerprint density at radius 1 is 1.35 bits per heavy atom. The Labute approximate surface area is 116 Å². The minimum Gasteiger partial charge on any atom is -0.384 e. The average Bonchev–Trinajstić information content (AvgIpc) is 2.73. The van der Waals surface area contributed by atoms with Crippen molar-refractivity contribution in [3.63, 3.8) is 0 Å². The van der Waals surface area contributed by atoms with Gasteiger partial charge >= 0.3 is 5.69 Å². The lowest BCUT2D eigenvalue weighted by atomic mass is 10.3. The molecule has 7 nitrogen and oxygen atoms in total. The second kappa shape index (κ2) is 6.21. The van der Waals surface area contributed by atoms with Gasteiger partial charge in [0.05, 0.1) is 23.4 Å². The maximum absolute atomic E-state index is 11.8. The van der Waals surface area contributed by atoms with E-state index in [1.165, 1.54) is 11.7 Å². The van der Waals surface area contributed by atoms with E-state index in [0.717, 1.165) is 11.0 Å². The quantitative estimate of drug-likeness (QED) is 0.746. The Morgan fingerprint density at radius 2 is 2.10 bits per heavy atom. The molecule has 0 saturated carbocycles. The van der Waals surface area contributed by atoms with Gasteiger partial charge in [-0.05, 0) is 12.1 Å². The number of H-pyrrole nitrogens is 1. The Morgan fingerprint density at radius 3 is 2.85 bits per heavy atom. The number of hydrogen-bond donors (Lipinski definition) is 2. The minimum absolute atomic E-state index is 0.0910. The van der Waals surface area contributed by atoms with Crippen LogP contribution in [0.5, 0.6) is 0 Å². The molecule has 0 aliphatic rings. The lowest BCUT2D eigenvalue weighted by Crippen LogP contribution is -2.32. The van der Waals surface area contributed by atoms with E-state index in [1.807, 2.05) is 18.2 Å². The number of benzene rings is 1. The van der Waals surface area contributed by atoms with Crippen molar-refractivity contribution in [3.05, 3.63) is 34.7 Å². The molecule has 0 aliphatic carbocycles. The highest BCUT2D eigenvalue weighted by molar-refractivity contribution is 7.89. The number of hydrogen-bond acceptors (Lipinski definition) is 4. The van der Waals surface area contributed by atoms with Crippen LogP contribution in [-0.4, -0.2) is 44.0 Å². The molecule has 0 radical (unpaired) electrons. The maximum atomic E-state index is 11.8. The van der Waals surface area contributed by atoms with Crippen LogP contribution in [0.2, 0.25) is 0 Å². The Bertz CT molecular complexity index is 732. The minimum atomic E-state index is -3.36. The maximum Gasteiger partial charge on any atom is 0.326 e. The van der Waals surface area contributed by atoms with Gasteiger partial charge in [0.15, 0.2) is 0 Å². The number of methoxy groups -OCH3 is 1. The predicted octanol–water partition coefficient (Wildman–Crippen LogP) is -0.105. The van der Waals surface area contributed by atoms with Crippen LogP contribution in [0.15, 0.2) is 29.1 Å². The molecule has 1 aromatic heterocycles. The third kappa shape index (κ3) is 3.47. The van der Waals surface area contributed by atoms with E-state index in [2.05, 4.69) is 9.71 Å². The molecule has 0 saturated heterocycles. The number of imidazole rings is 1. The predicted molar refractivity (Wildman–Crippen MR) is 76.2 cm³/mol. The monoisotopic (exact) mass is 299 g/mol. The van der Waals surface area contributed by atoms with Gasteiger partial charge in [-0.3, -0.25) is 4.57 Å². The molecule has 2 N–H and O–H groups in total. The summed E-state index contributed by atoms with van der Waals surface area (Å²) in [4.78, 5) is 14.5. The second-order valence-electron chi connectivity index (χ2n) is 4.30. The summed E-state index contributed by atoms with van der Waals surface area (Å²) in [7, 11) is -1.92. The van der Waals surface area contributed by atoms with Crippen LogP contribution >= 0.6 is 0 Å². The molecule has 0 spiro atoms. The van der Waals surface area contributed by atoms with Gasteiger partial charge in [-0.1, -0.05) is 12.1 Å². The zero-order chi connectivity index (χ0) is 14.6. The molecule has 0 unspecified atom stereocenters. The molecule has 1 aromatic carbocycles. The molecule has 2 aromatic rings. The molecule has 0 aliphatic heterocycles. The summed E-state index contributed by atoms with van der Waals surface area (Å²) in [5.41, 5.74) is 1.25. The molecular weight excluding hydrogens is 282 g/mol. The van der Waals surface area contributed by atoms with Crippen LogP contribution in [0.3, 0.4) is 0 Å². The highest BCUT2D eigenvalue weighted by Gasteiger charge is 2.10. The van der Waals surface area contributed by atoms with Crippen molar-refractivity contribution < 1.29 is 13.2 Å². The van der Waals surface area contributed by atoms with Gasteiger partial charge < -0.3 is 9.72 Å². The second-order valence-corrected chi connectivity index (χ2v) is 6.23. The normalized spacial score (nSPS) is 12.1. The van der Waals surface area contributed by atoms with Gasteiger partial charge in [0, 0.05) is 20.2 Å². The van der Waals surface area contributed by atoms with E-state index in [0.29, 0.717) is 0 Å². The van der Waals surface area contributed by atoms with Crippen molar-refractivity contribution in [1.29, 1.82) is 0 Å². The summed E-state index contributed by atoms with van der Waals surface area (Å²) in [6.07, 6.45) is 0. The smallest absolute Gasteiger partial charge is 0.326 e. The first kappa shape index (κ1) is 14.8. The zero-order valence-electron chi connectivity index (χ0n) is 11.1. The molecule has 0 bridgehead atoms. The van der Waals surface area contributed by atoms with E-state index in [1.54, 1.807) is 6.07 Å². The van der Waals surface area contributed by atoms with Crippen LogP contribution in [0.1, 0.15) is 0 Å². The highest BCUT2D eigenvalue weighted by atomic mass is 32.2. The molecule has 2 rings (SSSR count). The number of aromatic nitrogens is 2. The number of sulfonamides is 1. The van der Waals surface area contributed by atoms with E-state index in [9.17, 15) is 13.2 Å². The first-order chi connectivity index (χ1) is 9.53. The Balaban J connectivity index is 2.03. The van der Waals surface area contributed by atoms with Crippen molar-refractivity contribution in [1.82, 2.24) is 14.3 Å². The molecule has 1 heterocycles. The standard InChI is InChI=1S/C12H17N3O4S/c1-19-8-9-20(17,18)13-6-7-15-11-5-3-2-4-10(11)14-12(15)16/h2-5,13H,6-9H2,1H3,(H,14,16). The summed E-state index contributed by atoms with van der Waals surface area (Å²) >= 11 is 0. The van der Waals surface area contributed by atoms with Gasteiger partial charge in [-0.2, -0.15) is 0 Å². The van der Waals surface area contributed by atoms with Crippen molar-refractivity contribution in [2.45, 2.75) is 6.54 Å². The molecule has 20 heavy (non-hydrogen) atoms. The fraction of sp³-hybridized carbons (Fsp3) is 0.417. The van der Waals surface area contributed by atoms with Gasteiger partial charge in [0.25, 0.3) is 0 Å². The van der Waals surface area contributed by atoms with Crippen LogP contribution in [0.4, 0.5) is 0 Å². The number of rotatable bonds is 7. The van der Waals surface area contributed by atoms with E-state index in [4.69, 9.17) is 4.74 Å². The summed E-state index contributed by atoms with van der Waals surface area (Å²) in [5, 5.41) is 0. The van der Waals surface area contributed by atoms with Crippen molar-refractivity contribution in [3.8, 4) is 0 Å². The van der Waals surface area contributed by atoms with Crippen molar-refractivity contribution in [2.24, 2.45) is 0 Å². The molecule has 0 atom stereocenters.